The molecule has 0 saturated heterocycles. The molecule has 0 fully saturated rings. The fourth-order valence-electron chi connectivity index (χ4n) is 0.499. The molecular formula is C7H11Si. The van der Waals surface area contributed by atoms with Gasteiger partial charge in [0.25, 0.3) is 0 Å². The molecule has 0 saturated carbocycles. The summed E-state index contributed by atoms with van der Waals surface area (Å²) in [6, 6.07) is 0. The van der Waals surface area contributed by atoms with Crippen LogP contribution in [-0.2, 0) is 0 Å². The van der Waals surface area contributed by atoms with Gasteiger partial charge in [0, 0.05) is 10.2 Å². The van der Waals surface area contributed by atoms with Crippen LogP contribution >= 0.6 is 0 Å². The highest BCUT2D eigenvalue weighted by molar-refractivity contribution is 6.11. The Hall–Kier alpha value is -0.303. The Labute approximate surface area is 54.7 Å². The van der Waals surface area contributed by atoms with Gasteiger partial charge in [-0.15, -0.1) is 13.2 Å². The van der Waals surface area contributed by atoms with Gasteiger partial charge in [0.1, 0.15) is 0 Å². The molecule has 0 heterocycles. The van der Waals surface area contributed by atoms with Crippen LogP contribution in [0.1, 0.15) is 12.8 Å². The quantitative estimate of drug-likeness (QED) is 0.396. The van der Waals surface area contributed by atoms with E-state index in [4.69, 9.17) is 0 Å². The normalized spacial score (nSPS) is 9.25. The van der Waals surface area contributed by atoms with Gasteiger partial charge in [0.15, 0.2) is 0 Å². The Kier molecular flexibility index (Phi) is 4.66. The van der Waals surface area contributed by atoms with E-state index in [-0.39, 0.29) is 0 Å². The van der Waals surface area contributed by atoms with Gasteiger partial charge in [0.2, 0.25) is 0 Å². The van der Waals surface area contributed by atoms with E-state index in [2.05, 4.69) is 23.4 Å². The van der Waals surface area contributed by atoms with Crippen molar-refractivity contribution in [1.29, 1.82) is 0 Å². The van der Waals surface area contributed by atoms with Gasteiger partial charge in [-0.3, -0.25) is 0 Å². The van der Waals surface area contributed by atoms with Crippen LogP contribution in [0.3, 0.4) is 0 Å². The summed E-state index contributed by atoms with van der Waals surface area (Å²) in [5.74, 6) is 0. The van der Waals surface area contributed by atoms with E-state index in [1.165, 1.54) is 0 Å². The predicted molar refractivity (Wildman–Crippen MR) is 39.1 cm³/mol. The van der Waals surface area contributed by atoms with E-state index in [9.17, 15) is 0 Å². The Morgan fingerprint density at radius 3 is 1.88 bits per heavy atom. The lowest BCUT2D eigenvalue weighted by atomic mass is 10.2. The average molecular weight is 123 g/mol. The van der Waals surface area contributed by atoms with E-state index < -0.39 is 0 Å². The SMILES string of the molecule is C=CCC([Si])CC=C. The average Bonchev–Trinajstić information content (AvgIpc) is 1.68. The standard InChI is InChI=1S/C7H11Si/c1-3-5-7(8)6-4-2/h3-4,7H,1-2,5-6H2. The molecule has 0 rings (SSSR count). The number of rotatable bonds is 4. The fraction of sp³-hybridized carbons (Fsp3) is 0.429. The monoisotopic (exact) mass is 123 g/mol. The molecule has 8 heavy (non-hydrogen) atoms. The van der Waals surface area contributed by atoms with Crippen LogP contribution in [0.4, 0.5) is 0 Å². The molecule has 0 spiro atoms. The summed E-state index contributed by atoms with van der Waals surface area (Å²) >= 11 is 0. The molecule has 0 atom stereocenters. The van der Waals surface area contributed by atoms with Crippen LogP contribution in [0, 0.1) is 0 Å². The lowest BCUT2D eigenvalue weighted by molar-refractivity contribution is 0.866. The van der Waals surface area contributed by atoms with Gasteiger partial charge >= 0.3 is 0 Å². The van der Waals surface area contributed by atoms with Crippen molar-refractivity contribution in [2.24, 2.45) is 0 Å². The summed E-state index contributed by atoms with van der Waals surface area (Å²) in [5.41, 5.74) is 0.532. The Morgan fingerprint density at radius 2 is 1.62 bits per heavy atom. The molecule has 1 heteroatoms. The molecule has 3 radical (unpaired) electrons. The van der Waals surface area contributed by atoms with Crippen molar-refractivity contribution in [2.75, 3.05) is 0 Å². The van der Waals surface area contributed by atoms with Crippen LogP contribution in [0.15, 0.2) is 25.3 Å². The highest BCUT2D eigenvalue weighted by Gasteiger charge is 1.92. The second-order valence-corrected chi connectivity index (χ2v) is 2.56. The smallest absolute Gasteiger partial charge is 0.0274 e. The lowest BCUT2D eigenvalue weighted by Gasteiger charge is -2.00. The van der Waals surface area contributed by atoms with Crippen LogP contribution < -0.4 is 0 Å². The molecular weight excluding hydrogens is 112 g/mol. The zero-order valence-electron chi connectivity index (χ0n) is 5.06. The zero-order valence-corrected chi connectivity index (χ0v) is 6.06. The second kappa shape index (κ2) is 4.85. The summed E-state index contributed by atoms with van der Waals surface area (Å²) in [6.07, 6.45) is 5.84. The first kappa shape index (κ1) is 7.70. The maximum absolute atomic E-state index is 3.62. The lowest BCUT2D eigenvalue weighted by Crippen LogP contribution is -1.86. The van der Waals surface area contributed by atoms with E-state index in [1.54, 1.807) is 0 Å². The topological polar surface area (TPSA) is 0 Å². The minimum absolute atomic E-state index is 0.532. The van der Waals surface area contributed by atoms with Crippen LogP contribution in [-0.4, -0.2) is 10.2 Å². The van der Waals surface area contributed by atoms with Crippen LogP contribution in [0.2, 0.25) is 5.54 Å². The van der Waals surface area contributed by atoms with E-state index in [0.29, 0.717) is 5.54 Å². The molecule has 0 aromatic heterocycles. The molecule has 0 amide bonds. The van der Waals surface area contributed by atoms with Crippen molar-refractivity contribution in [1.82, 2.24) is 0 Å². The van der Waals surface area contributed by atoms with Crippen molar-refractivity contribution in [3.05, 3.63) is 25.3 Å². The van der Waals surface area contributed by atoms with Crippen molar-refractivity contribution < 1.29 is 0 Å². The maximum Gasteiger partial charge on any atom is 0.0274 e. The molecule has 0 N–H and O–H groups in total. The van der Waals surface area contributed by atoms with Gasteiger partial charge in [0.05, 0.1) is 0 Å². The second-order valence-electron chi connectivity index (χ2n) is 1.75. The largest absolute Gasteiger partial charge is 0.103 e. The van der Waals surface area contributed by atoms with Crippen molar-refractivity contribution in [3.8, 4) is 0 Å². The molecule has 0 unspecified atom stereocenters. The van der Waals surface area contributed by atoms with Crippen molar-refractivity contribution in [3.63, 3.8) is 0 Å². The molecule has 0 nitrogen and oxygen atoms in total. The van der Waals surface area contributed by atoms with E-state index in [1.807, 2.05) is 12.2 Å². The zero-order chi connectivity index (χ0) is 6.41. The van der Waals surface area contributed by atoms with Gasteiger partial charge in [-0.2, -0.15) is 0 Å². The predicted octanol–water partition coefficient (Wildman–Crippen LogP) is 2.10. The van der Waals surface area contributed by atoms with Crippen LogP contribution in [0.25, 0.3) is 0 Å². The maximum atomic E-state index is 3.62. The van der Waals surface area contributed by atoms with E-state index >= 15 is 0 Å². The molecule has 0 aromatic carbocycles. The number of allylic oxidation sites excluding steroid dienone is 2. The fourth-order valence-corrected chi connectivity index (χ4v) is 0.832. The first-order valence-electron chi connectivity index (χ1n) is 2.74. The summed E-state index contributed by atoms with van der Waals surface area (Å²) in [4.78, 5) is 0. The molecule has 0 bridgehead atoms. The highest BCUT2D eigenvalue weighted by atomic mass is 28.1. The minimum Gasteiger partial charge on any atom is -0.103 e. The molecule has 43 valence electrons. The first-order chi connectivity index (χ1) is 3.81. The summed E-state index contributed by atoms with van der Waals surface area (Å²) in [6.45, 7) is 7.24. The van der Waals surface area contributed by atoms with Gasteiger partial charge in [-0.05, 0) is 18.4 Å². The van der Waals surface area contributed by atoms with Crippen molar-refractivity contribution >= 4 is 10.2 Å². The first-order valence-corrected chi connectivity index (χ1v) is 3.32. The summed E-state index contributed by atoms with van der Waals surface area (Å²) in [7, 11) is 3.50. The molecule has 0 aliphatic rings. The van der Waals surface area contributed by atoms with Gasteiger partial charge < -0.3 is 0 Å². The Balaban J connectivity index is 3.16. The Bertz CT molecular complexity index is 66.5. The number of hydrogen-bond acceptors (Lipinski definition) is 0. The minimum atomic E-state index is 0.532. The summed E-state index contributed by atoms with van der Waals surface area (Å²) in [5, 5.41) is 0. The molecule has 0 aliphatic carbocycles. The third kappa shape index (κ3) is 3.87. The summed E-state index contributed by atoms with van der Waals surface area (Å²) < 4.78 is 0. The molecule has 0 aromatic rings. The van der Waals surface area contributed by atoms with Gasteiger partial charge in [-0.25, -0.2) is 0 Å². The third-order valence-electron chi connectivity index (χ3n) is 0.902. The molecule has 0 aliphatic heterocycles. The van der Waals surface area contributed by atoms with E-state index in [0.717, 1.165) is 12.8 Å². The van der Waals surface area contributed by atoms with Gasteiger partial charge in [-0.1, -0.05) is 12.2 Å². The van der Waals surface area contributed by atoms with Crippen molar-refractivity contribution in [2.45, 2.75) is 18.4 Å². The third-order valence-corrected chi connectivity index (χ3v) is 1.37. The number of hydrogen-bond donors (Lipinski definition) is 0. The highest BCUT2D eigenvalue weighted by Crippen LogP contribution is 2.10. The van der Waals surface area contributed by atoms with Crippen LogP contribution in [0.5, 0.6) is 0 Å². The Morgan fingerprint density at radius 1 is 1.25 bits per heavy atom.